The molecule has 1 N–H and O–H groups in total. The van der Waals surface area contributed by atoms with Crippen LogP contribution in [0.15, 0.2) is 30.5 Å². The highest BCUT2D eigenvalue weighted by molar-refractivity contribution is 5.96. The van der Waals surface area contributed by atoms with Crippen LogP contribution in [0.2, 0.25) is 0 Å². The van der Waals surface area contributed by atoms with E-state index in [0.717, 1.165) is 43.5 Å². The predicted octanol–water partition coefficient (Wildman–Crippen LogP) is 3.12. The molecule has 0 bridgehead atoms. The molecule has 0 aliphatic carbocycles. The first-order valence-electron chi connectivity index (χ1n) is 7.13. The monoisotopic (exact) mass is 287 g/mol. The van der Waals surface area contributed by atoms with Gasteiger partial charge < -0.3 is 10.1 Å². The maximum Gasteiger partial charge on any atom is 0.295 e. The van der Waals surface area contributed by atoms with Crippen molar-refractivity contribution < 1.29 is 9.66 Å². The van der Waals surface area contributed by atoms with E-state index in [9.17, 15) is 10.1 Å². The van der Waals surface area contributed by atoms with E-state index < -0.39 is 4.92 Å². The molecule has 110 valence electrons. The quantitative estimate of drug-likeness (QED) is 0.675. The minimum atomic E-state index is -0.397. The molecule has 0 spiro atoms. The minimum Gasteiger partial charge on any atom is -0.384 e. The zero-order valence-corrected chi connectivity index (χ0v) is 11.6. The van der Waals surface area contributed by atoms with Gasteiger partial charge in [-0.1, -0.05) is 0 Å². The summed E-state index contributed by atoms with van der Waals surface area (Å²) in [7, 11) is 0. The van der Waals surface area contributed by atoms with Crippen molar-refractivity contribution in [3.63, 3.8) is 0 Å². The molecule has 1 aromatic heterocycles. The van der Waals surface area contributed by atoms with Crippen molar-refractivity contribution in [2.24, 2.45) is 0 Å². The van der Waals surface area contributed by atoms with Crippen molar-refractivity contribution in [3.05, 3.63) is 40.6 Å². The van der Waals surface area contributed by atoms with Crippen molar-refractivity contribution >= 4 is 22.3 Å². The van der Waals surface area contributed by atoms with Crippen molar-refractivity contribution in [1.29, 1.82) is 0 Å². The van der Waals surface area contributed by atoms with Crippen LogP contribution in [-0.4, -0.2) is 29.2 Å². The molecule has 1 fully saturated rings. The van der Waals surface area contributed by atoms with E-state index in [2.05, 4.69) is 10.3 Å². The Labute approximate surface area is 122 Å². The van der Waals surface area contributed by atoms with Gasteiger partial charge in [-0.25, -0.2) is 4.98 Å². The second-order valence-corrected chi connectivity index (χ2v) is 5.14. The molecule has 1 unspecified atom stereocenters. The Morgan fingerprint density at radius 2 is 2.33 bits per heavy atom. The van der Waals surface area contributed by atoms with E-state index in [4.69, 9.17) is 4.74 Å². The van der Waals surface area contributed by atoms with E-state index in [0.29, 0.717) is 11.6 Å². The van der Waals surface area contributed by atoms with E-state index in [1.54, 1.807) is 18.3 Å². The molecule has 3 rings (SSSR count). The van der Waals surface area contributed by atoms with Crippen LogP contribution in [0.5, 0.6) is 0 Å². The molecule has 6 nitrogen and oxygen atoms in total. The Kier molecular flexibility index (Phi) is 3.96. The summed E-state index contributed by atoms with van der Waals surface area (Å²) >= 11 is 0. The van der Waals surface area contributed by atoms with E-state index in [-0.39, 0.29) is 5.69 Å². The molecular weight excluding hydrogens is 270 g/mol. The number of non-ortho nitro benzene ring substituents is 1. The van der Waals surface area contributed by atoms with Crippen molar-refractivity contribution in [2.75, 3.05) is 18.5 Å². The van der Waals surface area contributed by atoms with E-state index >= 15 is 0 Å². The average molecular weight is 287 g/mol. The lowest BCUT2D eigenvalue weighted by atomic mass is 10.1. The SMILES string of the molecule is O=[N+]([O-])c1ccc(NCCC2CCCO2)c2cccnc12. The Hall–Kier alpha value is -2.21. The van der Waals surface area contributed by atoms with Crippen LogP contribution < -0.4 is 5.32 Å². The van der Waals surface area contributed by atoms with Gasteiger partial charge in [-0.05, 0) is 37.5 Å². The molecule has 2 heterocycles. The number of anilines is 1. The summed E-state index contributed by atoms with van der Waals surface area (Å²) in [6, 6.07) is 6.89. The van der Waals surface area contributed by atoms with Gasteiger partial charge in [-0.2, -0.15) is 0 Å². The second kappa shape index (κ2) is 6.05. The van der Waals surface area contributed by atoms with Gasteiger partial charge in [0.25, 0.3) is 5.69 Å². The van der Waals surface area contributed by atoms with Crippen LogP contribution in [0.25, 0.3) is 10.9 Å². The normalized spacial score (nSPS) is 18.0. The van der Waals surface area contributed by atoms with Crippen LogP contribution in [-0.2, 0) is 4.74 Å². The van der Waals surface area contributed by atoms with Gasteiger partial charge in [0.2, 0.25) is 0 Å². The Bertz CT molecular complexity index is 654. The summed E-state index contributed by atoms with van der Waals surface area (Å²) in [5.74, 6) is 0. The van der Waals surface area contributed by atoms with E-state index in [1.165, 1.54) is 6.07 Å². The lowest BCUT2D eigenvalue weighted by molar-refractivity contribution is -0.383. The highest BCUT2D eigenvalue weighted by atomic mass is 16.6. The maximum absolute atomic E-state index is 11.0. The summed E-state index contributed by atoms with van der Waals surface area (Å²) in [6.07, 6.45) is 5.10. The van der Waals surface area contributed by atoms with Gasteiger partial charge in [0.05, 0.1) is 11.0 Å². The number of benzene rings is 1. The summed E-state index contributed by atoms with van der Waals surface area (Å²) < 4.78 is 5.59. The highest BCUT2D eigenvalue weighted by Gasteiger charge is 2.17. The number of ether oxygens (including phenoxy) is 1. The van der Waals surface area contributed by atoms with Gasteiger partial charge in [0.15, 0.2) is 0 Å². The smallest absolute Gasteiger partial charge is 0.295 e. The fourth-order valence-electron chi connectivity index (χ4n) is 2.70. The number of pyridine rings is 1. The zero-order chi connectivity index (χ0) is 14.7. The van der Waals surface area contributed by atoms with Crippen molar-refractivity contribution in [3.8, 4) is 0 Å². The fraction of sp³-hybridized carbons (Fsp3) is 0.400. The fourth-order valence-corrected chi connectivity index (χ4v) is 2.70. The Balaban J connectivity index is 1.79. The molecule has 0 saturated carbocycles. The molecule has 1 atom stereocenters. The molecule has 1 aromatic carbocycles. The number of fused-ring (bicyclic) bond motifs is 1. The van der Waals surface area contributed by atoms with Crippen molar-refractivity contribution in [1.82, 2.24) is 4.98 Å². The van der Waals surface area contributed by atoms with Crippen LogP contribution in [0.4, 0.5) is 11.4 Å². The first-order valence-corrected chi connectivity index (χ1v) is 7.13. The topological polar surface area (TPSA) is 77.3 Å². The molecule has 1 saturated heterocycles. The minimum absolute atomic E-state index is 0.0373. The summed E-state index contributed by atoms with van der Waals surface area (Å²) in [5, 5.41) is 15.2. The third kappa shape index (κ3) is 2.95. The third-order valence-electron chi connectivity index (χ3n) is 3.75. The number of hydrogen-bond acceptors (Lipinski definition) is 5. The van der Waals surface area contributed by atoms with Gasteiger partial charge in [-0.3, -0.25) is 10.1 Å². The number of nitro groups is 1. The number of nitrogens with one attached hydrogen (secondary N) is 1. The lowest BCUT2D eigenvalue weighted by Gasteiger charge is -2.12. The van der Waals surface area contributed by atoms with Gasteiger partial charge in [-0.15, -0.1) is 0 Å². The van der Waals surface area contributed by atoms with E-state index in [1.807, 2.05) is 6.07 Å². The lowest BCUT2D eigenvalue weighted by Crippen LogP contribution is -2.12. The first-order chi connectivity index (χ1) is 10.3. The summed E-state index contributed by atoms with van der Waals surface area (Å²) in [5.41, 5.74) is 1.33. The van der Waals surface area contributed by atoms with Gasteiger partial charge >= 0.3 is 0 Å². The number of hydrogen-bond donors (Lipinski definition) is 1. The molecular formula is C15H17N3O3. The maximum atomic E-state index is 11.0. The molecule has 6 heteroatoms. The number of nitrogens with zero attached hydrogens (tertiary/aromatic N) is 2. The Morgan fingerprint density at radius 3 is 3.10 bits per heavy atom. The van der Waals surface area contributed by atoms with Crippen LogP contribution in [0, 0.1) is 10.1 Å². The van der Waals surface area contributed by atoms with Gasteiger partial charge in [0.1, 0.15) is 5.52 Å². The molecule has 21 heavy (non-hydrogen) atoms. The number of nitro benzene ring substituents is 1. The Morgan fingerprint density at radius 1 is 1.43 bits per heavy atom. The standard InChI is InChI=1S/C15H17N3O3/c19-18(20)14-6-5-13(12-4-1-8-17-15(12)14)16-9-7-11-3-2-10-21-11/h1,4-6,8,11,16H,2-3,7,9-10H2. The van der Waals surface area contributed by atoms with Crippen molar-refractivity contribution in [2.45, 2.75) is 25.4 Å². The van der Waals surface area contributed by atoms with Crippen LogP contribution in [0.3, 0.4) is 0 Å². The molecule has 0 amide bonds. The zero-order valence-electron chi connectivity index (χ0n) is 11.6. The highest BCUT2D eigenvalue weighted by Crippen LogP contribution is 2.29. The van der Waals surface area contributed by atoms with Crippen LogP contribution >= 0.6 is 0 Å². The number of aromatic nitrogens is 1. The molecule has 1 aliphatic rings. The summed E-state index contributed by atoms with van der Waals surface area (Å²) in [4.78, 5) is 14.8. The molecule has 0 radical (unpaired) electrons. The third-order valence-corrected chi connectivity index (χ3v) is 3.75. The largest absolute Gasteiger partial charge is 0.384 e. The second-order valence-electron chi connectivity index (χ2n) is 5.14. The predicted molar refractivity (Wildman–Crippen MR) is 80.5 cm³/mol. The first kappa shape index (κ1) is 13.8. The summed E-state index contributed by atoms with van der Waals surface area (Å²) in [6.45, 7) is 1.64. The number of rotatable bonds is 5. The molecule has 2 aromatic rings. The van der Waals surface area contributed by atoms with Crippen LogP contribution in [0.1, 0.15) is 19.3 Å². The average Bonchev–Trinajstić information content (AvgIpc) is 3.00. The van der Waals surface area contributed by atoms with Gasteiger partial charge in [0, 0.05) is 36.5 Å². The molecule has 1 aliphatic heterocycles.